The highest BCUT2D eigenvalue weighted by atomic mass is 32.1. The first-order chi connectivity index (χ1) is 8.56. The quantitative estimate of drug-likeness (QED) is 0.802. The molecule has 0 bridgehead atoms. The molecular formula is C14H19FN2S. The maximum absolute atomic E-state index is 13.8. The second-order valence-corrected chi connectivity index (χ2v) is 5.56. The van der Waals surface area contributed by atoms with Gasteiger partial charge >= 0.3 is 0 Å². The highest BCUT2D eigenvalue weighted by molar-refractivity contribution is 7.80. The van der Waals surface area contributed by atoms with E-state index in [0.717, 1.165) is 13.0 Å². The molecule has 0 aromatic heterocycles. The van der Waals surface area contributed by atoms with Gasteiger partial charge in [0.05, 0.1) is 5.69 Å². The van der Waals surface area contributed by atoms with Crippen molar-refractivity contribution in [2.45, 2.75) is 32.6 Å². The minimum atomic E-state index is -0.286. The lowest BCUT2D eigenvalue weighted by molar-refractivity contribution is 0.145. The van der Waals surface area contributed by atoms with Gasteiger partial charge in [0.2, 0.25) is 0 Å². The largest absolute Gasteiger partial charge is 0.389 e. The van der Waals surface area contributed by atoms with E-state index in [-0.39, 0.29) is 10.8 Å². The van der Waals surface area contributed by atoms with Crippen molar-refractivity contribution in [1.82, 2.24) is 0 Å². The number of anilines is 1. The first-order valence-corrected chi connectivity index (χ1v) is 6.80. The second kappa shape index (κ2) is 5.22. The van der Waals surface area contributed by atoms with E-state index in [4.69, 9.17) is 18.0 Å². The maximum atomic E-state index is 13.8. The number of thiocarbonyl (C=S) groups is 1. The van der Waals surface area contributed by atoms with Crippen LogP contribution in [0.25, 0.3) is 0 Å². The van der Waals surface area contributed by atoms with Gasteiger partial charge in [-0.25, -0.2) is 4.39 Å². The monoisotopic (exact) mass is 266 g/mol. The predicted octanol–water partition coefficient (Wildman–Crippen LogP) is 3.45. The fraction of sp³-hybridized carbons (Fsp3) is 0.500. The summed E-state index contributed by atoms with van der Waals surface area (Å²) in [4.78, 5) is 0.226. The zero-order chi connectivity index (χ0) is 13.2. The molecule has 18 heavy (non-hydrogen) atoms. The third kappa shape index (κ3) is 2.64. The van der Waals surface area contributed by atoms with E-state index >= 15 is 0 Å². The molecule has 0 atom stereocenters. The molecule has 0 amide bonds. The standard InChI is InChI=1S/C14H19FN2S/c1-2-14(6-3-7-14)9-17-12-5-4-10(13(16)18)8-11(12)15/h4-5,8,17H,2-3,6-7,9H2,1H3,(H2,16,18). The van der Waals surface area contributed by atoms with Crippen molar-refractivity contribution >= 4 is 22.9 Å². The molecule has 1 aromatic carbocycles. The van der Waals surface area contributed by atoms with Gasteiger partial charge in [-0.3, -0.25) is 0 Å². The summed E-state index contributed by atoms with van der Waals surface area (Å²) in [7, 11) is 0. The van der Waals surface area contributed by atoms with Crippen molar-refractivity contribution in [3.63, 3.8) is 0 Å². The summed E-state index contributed by atoms with van der Waals surface area (Å²) >= 11 is 4.83. The summed E-state index contributed by atoms with van der Waals surface area (Å²) in [6, 6.07) is 4.86. The summed E-state index contributed by atoms with van der Waals surface area (Å²) in [5, 5.41) is 3.21. The van der Waals surface area contributed by atoms with Crippen LogP contribution in [-0.2, 0) is 0 Å². The Labute approximate surface area is 113 Å². The van der Waals surface area contributed by atoms with Crippen molar-refractivity contribution in [2.24, 2.45) is 11.1 Å². The number of hydrogen-bond acceptors (Lipinski definition) is 2. The summed E-state index contributed by atoms with van der Waals surface area (Å²) < 4.78 is 13.8. The summed E-state index contributed by atoms with van der Waals surface area (Å²) in [5.41, 5.74) is 6.95. The van der Waals surface area contributed by atoms with Crippen LogP contribution in [0.15, 0.2) is 18.2 Å². The van der Waals surface area contributed by atoms with Crippen LogP contribution >= 0.6 is 12.2 Å². The third-order valence-electron chi connectivity index (χ3n) is 4.07. The Kier molecular flexibility index (Phi) is 3.85. The van der Waals surface area contributed by atoms with Gasteiger partial charge in [-0.2, -0.15) is 0 Å². The van der Waals surface area contributed by atoms with Crippen LogP contribution in [0.1, 0.15) is 38.2 Å². The van der Waals surface area contributed by atoms with Crippen LogP contribution in [0.4, 0.5) is 10.1 Å². The van der Waals surface area contributed by atoms with Crippen LogP contribution in [0.2, 0.25) is 0 Å². The summed E-state index contributed by atoms with van der Waals surface area (Å²) in [6.07, 6.45) is 4.91. The highest BCUT2D eigenvalue weighted by Gasteiger charge is 2.34. The van der Waals surface area contributed by atoms with E-state index in [0.29, 0.717) is 16.7 Å². The normalized spacial score (nSPS) is 17.0. The van der Waals surface area contributed by atoms with Gasteiger partial charge in [-0.05, 0) is 42.9 Å². The van der Waals surface area contributed by atoms with E-state index in [1.165, 1.54) is 25.3 Å². The Bertz CT molecular complexity index is 450. The van der Waals surface area contributed by atoms with E-state index < -0.39 is 0 Å². The number of halogens is 1. The minimum Gasteiger partial charge on any atom is -0.389 e. The SMILES string of the molecule is CCC1(CNc2ccc(C(N)=S)cc2F)CCC1. The summed E-state index contributed by atoms with van der Waals surface area (Å²) in [5.74, 6) is -0.286. The Hall–Kier alpha value is -1.16. The molecule has 0 heterocycles. The van der Waals surface area contributed by atoms with Crippen LogP contribution in [0.3, 0.4) is 0 Å². The van der Waals surface area contributed by atoms with Crippen LogP contribution in [0, 0.1) is 11.2 Å². The van der Waals surface area contributed by atoms with Gasteiger partial charge in [0, 0.05) is 12.1 Å². The number of rotatable bonds is 5. The number of nitrogens with one attached hydrogen (secondary N) is 1. The van der Waals surface area contributed by atoms with E-state index in [2.05, 4.69) is 12.2 Å². The average molecular weight is 266 g/mol. The zero-order valence-electron chi connectivity index (χ0n) is 10.6. The van der Waals surface area contributed by atoms with E-state index in [1.807, 2.05) is 0 Å². The smallest absolute Gasteiger partial charge is 0.146 e. The molecule has 0 aliphatic heterocycles. The first kappa shape index (κ1) is 13.3. The van der Waals surface area contributed by atoms with Crippen molar-refractivity contribution in [3.05, 3.63) is 29.6 Å². The molecule has 1 saturated carbocycles. The van der Waals surface area contributed by atoms with E-state index in [1.54, 1.807) is 12.1 Å². The van der Waals surface area contributed by atoms with Crippen molar-refractivity contribution in [1.29, 1.82) is 0 Å². The molecule has 3 N–H and O–H groups in total. The van der Waals surface area contributed by atoms with Crippen LogP contribution in [-0.4, -0.2) is 11.5 Å². The van der Waals surface area contributed by atoms with Gasteiger partial charge in [0.25, 0.3) is 0 Å². The van der Waals surface area contributed by atoms with Crippen LogP contribution in [0.5, 0.6) is 0 Å². The molecule has 2 rings (SSSR count). The first-order valence-electron chi connectivity index (χ1n) is 6.39. The van der Waals surface area contributed by atoms with E-state index in [9.17, 15) is 4.39 Å². The molecule has 2 nitrogen and oxygen atoms in total. The molecule has 0 spiro atoms. The van der Waals surface area contributed by atoms with Gasteiger partial charge in [0.15, 0.2) is 0 Å². The maximum Gasteiger partial charge on any atom is 0.146 e. The van der Waals surface area contributed by atoms with Crippen molar-refractivity contribution in [2.75, 3.05) is 11.9 Å². The molecule has 1 fully saturated rings. The van der Waals surface area contributed by atoms with Gasteiger partial charge < -0.3 is 11.1 Å². The van der Waals surface area contributed by atoms with Crippen LogP contribution < -0.4 is 11.1 Å². The van der Waals surface area contributed by atoms with Gasteiger partial charge in [-0.15, -0.1) is 0 Å². The van der Waals surface area contributed by atoms with Crippen molar-refractivity contribution in [3.8, 4) is 0 Å². The molecular weight excluding hydrogens is 247 g/mol. The second-order valence-electron chi connectivity index (χ2n) is 5.12. The molecule has 4 heteroatoms. The lowest BCUT2D eigenvalue weighted by Gasteiger charge is -2.41. The highest BCUT2D eigenvalue weighted by Crippen LogP contribution is 2.43. The Morgan fingerprint density at radius 3 is 2.67 bits per heavy atom. The molecule has 0 unspecified atom stereocenters. The third-order valence-corrected chi connectivity index (χ3v) is 4.31. The lowest BCUT2D eigenvalue weighted by atomic mass is 9.67. The molecule has 0 saturated heterocycles. The molecule has 1 aliphatic carbocycles. The lowest BCUT2D eigenvalue weighted by Crippen LogP contribution is -2.36. The van der Waals surface area contributed by atoms with Crippen molar-refractivity contribution < 1.29 is 4.39 Å². The molecule has 1 aliphatic rings. The fourth-order valence-corrected chi connectivity index (χ4v) is 2.55. The average Bonchev–Trinajstić information content (AvgIpc) is 2.29. The minimum absolute atomic E-state index is 0.226. The molecule has 0 radical (unpaired) electrons. The predicted molar refractivity (Wildman–Crippen MR) is 77.4 cm³/mol. The number of nitrogens with two attached hydrogens (primary N) is 1. The number of hydrogen-bond donors (Lipinski definition) is 2. The topological polar surface area (TPSA) is 38.0 Å². The Balaban J connectivity index is 2.03. The molecule has 1 aromatic rings. The Morgan fingerprint density at radius 1 is 1.50 bits per heavy atom. The molecule has 98 valence electrons. The van der Waals surface area contributed by atoms with Gasteiger partial charge in [0.1, 0.15) is 10.8 Å². The number of benzene rings is 1. The summed E-state index contributed by atoms with van der Waals surface area (Å²) in [6.45, 7) is 3.04. The Morgan fingerprint density at radius 2 is 2.22 bits per heavy atom. The zero-order valence-corrected chi connectivity index (χ0v) is 11.4. The fourth-order valence-electron chi connectivity index (χ4n) is 2.43. The van der Waals surface area contributed by atoms with Gasteiger partial charge in [-0.1, -0.05) is 25.6 Å².